The van der Waals surface area contributed by atoms with Gasteiger partial charge in [-0.3, -0.25) is 9.59 Å². The van der Waals surface area contributed by atoms with Crippen LogP contribution in [0.3, 0.4) is 0 Å². The van der Waals surface area contributed by atoms with Crippen molar-refractivity contribution in [3.8, 4) is 11.4 Å². The predicted molar refractivity (Wildman–Crippen MR) is 106 cm³/mol. The number of H-pyrrole nitrogens is 1. The number of nitrogens with one attached hydrogen (secondary N) is 2. The smallest absolute Gasteiger partial charge is 0.258 e. The van der Waals surface area contributed by atoms with E-state index in [2.05, 4.69) is 25.4 Å². The number of nitrogens with zero attached hydrogens (tertiary/aromatic N) is 3. The highest BCUT2D eigenvalue weighted by molar-refractivity contribution is 5.94. The van der Waals surface area contributed by atoms with Crippen molar-refractivity contribution in [2.24, 2.45) is 5.92 Å². The highest BCUT2D eigenvalue weighted by Crippen LogP contribution is 2.30. The Morgan fingerprint density at radius 3 is 2.79 bits per heavy atom. The molecule has 1 aliphatic carbocycles. The molecule has 8 nitrogen and oxygen atoms in total. The van der Waals surface area contributed by atoms with Crippen molar-refractivity contribution in [1.82, 2.24) is 20.1 Å². The SMILES string of the molecule is O=C(Nc1ccc(Cc2nc(-c3ccc4c(=O)[nH]cnc4c3)no2)cc1)C1CC1. The van der Waals surface area contributed by atoms with Crippen LogP contribution in [-0.4, -0.2) is 26.0 Å². The Bertz CT molecular complexity index is 1260. The van der Waals surface area contributed by atoms with Crippen molar-refractivity contribution in [1.29, 1.82) is 0 Å². The van der Waals surface area contributed by atoms with Crippen LogP contribution in [-0.2, 0) is 11.2 Å². The molecule has 2 aromatic carbocycles. The molecule has 1 fully saturated rings. The zero-order chi connectivity index (χ0) is 19.8. The van der Waals surface area contributed by atoms with E-state index in [0.717, 1.165) is 29.7 Å². The summed E-state index contributed by atoms with van der Waals surface area (Å²) in [6.07, 6.45) is 3.81. The first kappa shape index (κ1) is 17.3. The molecule has 0 aliphatic heterocycles. The van der Waals surface area contributed by atoms with E-state index >= 15 is 0 Å². The third-order valence-corrected chi connectivity index (χ3v) is 4.89. The van der Waals surface area contributed by atoms with Crippen molar-refractivity contribution in [3.05, 3.63) is 70.6 Å². The molecule has 8 heteroatoms. The quantitative estimate of drug-likeness (QED) is 0.544. The first-order valence-corrected chi connectivity index (χ1v) is 9.36. The molecule has 0 saturated heterocycles. The lowest BCUT2D eigenvalue weighted by atomic mass is 10.1. The van der Waals surface area contributed by atoms with Gasteiger partial charge in [-0.1, -0.05) is 23.4 Å². The van der Waals surface area contributed by atoms with Crippen LogP contribution in [0.2, 0.25) is 0 Å². The maximum Gasteiger partial charge on any atom is 0.258 e. The fraction of sp³-hybridized carbons (Fsp3) is 0.190. The fourth-order valence-electron chi connectivity index (χ4n) is 3.12. The molecule has 0 bridgehead atoms. The maximum atomic E-state index is 11.8. The van der Waals surface area contributed by atoms with E-state index in [1.54, 1.807) is 18.2 Å². The zero-order valence-electron chi connectivity index (χ0n) is 15.4. The summed E-state index contributed by atoms with van der Waals surface area (Å²) in [7, 11) is 0. The molecule has 1 saturated carbocycles. The van der Waals surface area contributed by atoms with Crippen LogP contribution in [0.5, 0.6) is 0 Å². The monoisotopic (exact) mass is 387 g/mol. The van der Waals surface area contributed by atoms with Crippen LogP contribution >= 0.6 is 0 Å². The van der Waals surface area contributed by atoms with Gasteiger partial charge in [-0.15, -0.1) is 0 Å². The Kier molecular flexibility index (Phi) is 4.16. The van der Waals surface area contributed by atoms with Crippen LogP contribution in [0, 0.1) is 5.92 Å². The Morgan fingerprint density at radius 2 is 2.00 bits per heavy atom. The fourth-order valence-corrected chi connectivity index (χ4v) is 3.12. The minimum absolute atomic E-state index is 0.0890. The van der Waals surface area contributed by atoms with Gasteiger partial charge < -0.3 is 14.8 Å². The van der Waals surface area contributed by atoms with Crippen molar-refractivity contribution in [3.63, 3.8) is 0 Å². The van der Waals surface area contributed by atoms with Gasteiger partial charge in [0.25, 0.3) is 5.56 Å². The van der Waals surface area contributed by atoms with Crippen LogP contribution in [0.15, 0.2) is 58.1 Å². The average Bonchev–Trinajstić information content (AvgIpc) is 3.49. The standard InChI is InChI=1S/C21H17N5O3/c27-20(13-3-4-13)24-15-6-1-12(2-7-15)9-18-25-19(26-29-18)14-5-8-16-17(10-14)22-11-23-21(16)28/h1-2,5-8,10-11,13H,3-4,9H2,(H,24,27)(H,22,23,28). The highest BCUT2D eigenvalue weighted by Gasteiger charge is 2.29. The maximum absolute atomic E-state index is 11.8. The zero-order valence-corrected chi connectivity index (χ0v) is 15.4. The Labute approximate surface area is 165 Å². The molecule has 0 unspecified atom stereocenters. The number of anilines is 1. The van der Waals surface area contributed by atoms with Crippen LogP contribution < -0.4 is 10.9 Å². The van der Waals surface area contributed by atoms with Gasteiger partial charge in [0.1, 0.15) is 0 Å². The molecule has 4 aromatic rings. The van der Waals surface area contributed by atoms with Gasteiger partial charge in [0.15, 0.2) is 0 Å². The summed E-state index contributed by atoms with van der Waals surface area (Å²) in [4.78, 5) is 34.8. The van der Waals surface area contributed by atoms with E-state index in [-0.39, 0.29) is 17.4 Å². The third kappa shape index (κ3) is 3.64. The number of carbonyl (C=O) groups excluding carboxylic acids is 1. The molecule has 0 atom stereocenters. The van der Waals surface area contributed by atoms with Gasteiger partial charge in [-0.25, -0.2) is 4.98 Å². The number of hydrogen-bond donors (Lipinski definition) is 2. The summed E-state index contributed by atoms with van der Waals surface area (Å²) < 4.78 is 5.37. The molecule has 1 amide bonds. The summed E-state index contributed by atoms with van der Waals surface area (Å²) >= 11 is 0. The number of benzene rings is 2. The number of hydrogen-bond acceptors (Lipinski definition) is 6. The molecule has 2 heterocycles. The first-order valence-electron chi connectivity index (χ1n) is 9.36. The molecule has 1 aliphatic rings. The van der Waals surface area contributed by atoms with Crippen molar-refractivity contribution in [2.75, 3.05) is 5.32 Å². The molecule has 2 aromatic heterocycles. The van der Waals surface area contributed by atoms with Crippen LogP contribution in [0.1, 0.15) is 24.3 Å². The lowest BCUT2D eigenvalue weighted by Crippen LogP contribution is -2.13. The van der Waals surface area contributed by atoms with Crippen LogP contribution in [0.4, 0.5) is 5.69 Å². The summed E-state index contributed by atoms with van der Waals surface area (Å²) in [5.74, 6) is 1.19. The Hall–Kier alpha value is -3.81. The highest BCUT2D eigenvalue weighted by atomic mass is 16.5. The number of aromatic nitrogens is 4. The number of amides is 1. The number of fused-ring (bicyclic) bond motifs is 1. The minimum Gasteiger partial charge on any atom is -0.339 e. The molecule has 0 spiro atoms. The van der Waals surface area contributed by atoms with E-state index in [9.17, 15) is 9.59 Å². The van der Waals surface area contributed by atoms with E-state index < -0.39 is 0 Å². The van der Waals surface area contributed by atoms with E-state index in [4.69, 9.17) is 4.52 Å². The predicted octanol–water partition coefficient (Wildman–Crippen LogP) is 2.91. The summed E-state index contributed by atoms with van der Waals surface area (Å²) in [6.45, 7) is 0. The average molecular weight is 387 g/mol. The van der Waals surface area contributed by atoms with Gasteiger partial charge in [0.2, 0.25) is 17.6 Å². The van der Waals surface area contributed by atoms with Crippen molar-refractivity contribution >= 4 is 22.5 Å². The number of rotatable bonds is 5. The minimum atomic E-state index is -0.188. The second-order valence-corrected chi connectivity index (χ2v) is 7.11. The number of carbonyl (C=O) groups is 1. The second kappa shape index (κ2) is 6.97. The number of aromatic amines is 1. The largest absolute Gasteiger partial charge is 0.339 e. The second-order valence-electron chi connectivity index (χ2n) is 7.11. The third-order valence-electron chi connectivity index (χ3n) is 4.89. The van der Waals surface area contributed by atoms with Gasteiger partial charge in [0, 0.05) is 17.2 Å². The summed E-state index contributed by atoms with van der Waals surface area (Å²) in [5.41, 5.74) is 2.89. The molecular weight excluding hydrogens is 370 g/mol. The van der Waals surface area contributed by atoms with Crippen molar-refractivity contribution in [2.45, 2.75) is 19.3 Å². The van der Waals surface area contributed by atoms with Gasteiger partial charge in [0.05, 0.1) is 23.7 Å². The van der Waals surface area contributed by atoms with Gasteiger partial charge >= 0.3 is 0 Å². The van der Waals surface area contributed by atoms with E-state index in [1.165, 1.54) is 6.33 Å². The van der Waals surface area contributed by atoms with Crippen molar-refractivity contribution < 1.29 is 9.32 Å². The van der Waals surface area contributed by atoms with Gasteiger partial charge in [-0.2, -0.15) is 4.98 Å². The lowest BCUT2D eigenvalue weighted by Gasteiger charge is -2.04. The normalized spacial score (nSPS) is 13.5. The van der Waals surface area contributed by atoms with E-state index in [1.807, 2.05) is 24.3 Å². The molecular formula is C21H17N5O3. The summed E-state index contributed by atoms with van der Waals surface area (Å²) in [5, 5.41) is 7.46. The molecule has 2 N–H and O–H groups in total. The topological polar surface area (TPSA) is 114 Å². The summed E-state index contributed by atoms with van der Waals surface area (Å²) in [6, 6.07) is 12.8. The molecule has 144 valence electrons. The van der Waals surface area contributed by atoms with E-state index in [0.29, 0.717) is 29.0 Å². The molecule has 0 radical (unpaired) electrons. The molecule has 5 rings (SSSR count). The molecule has 29 heavy (non-hydrogen) atoms. The van der Waals surface area contributed by atoms with Crippen LogP contribution in [0.25, 0.3) is 22.3 Å². The Balaban J connectivity index is 1.31. The lowest BCUT2D eigenvalue weighted by molar-refractivity contribution is -0.117. The van der Waals surface area contributed by atoms with Gasteiger partial charge in [-0.05, 0) is 42.7 Å². The Morgan fingerprint density at radius 1 is 1.17 bits per heavy atom. The first-order chi connectivity index (χ1) is 14.2.